The predicted molar refractivity (Wildman–Crippen MR) is 107 cm³/mol. The van der Waals surface area contributed by atoms with Crippen LogP contribution in [0.15, 0.2) is 23.7 Å². The van der Waals surface area contributed by atoms with Crippen molar-refractivity contribution in [3.63, 3.8) is 0 Å². The van der Waals surface area contributed by atoms with Crippen molar-refractivity contribution in [2.45, 2.75) is 51.7 Å². The fraction of sp³-hybridized carbons (Fsp3) is 0.565. The lowest BCUT2D eigenvalue weighted by Gasteiger charge is -2.29. The smallest absolute Gasteiger partial charge is 0.184 e. The standard InChI is InChI=1S/C23H27ClF2O2/c1-2-3-18-14-27-23(28-15-18)19-12-21(25)20(22(26)13-19)9-8-16-4-6-17(7-5-16)10-11-24/h10-13,16-18,23H,2-7,14-15H2,1H3/b11-10+. The average Bonchev–Trinajstić information content (AvgIpc) is 2.69. The number of ether oxygens (including phenoxy) is 2. The molecule has 1 aromatic carbocycles. The lowest BCUT2D eigenvalue weighted by molar-refractivity contribution is -0.206. The van der Waals surface area contributed by atoms with Crippen LogP contribution in [-0.4, -0.2) is 13.2 Å². The van der Waals surface area contributed by atoms with E-state index in [2.05, 4.69) is 18.8 Å². The molecule has 5 heteroatoms. The third-order valence-corrected chi connectivity index (χ3v) is 5.66. The van der Waals surface area contributed by atoms with Gasteiger partial charge < -0.3 is 9.47 Å². The van der Waals surface area contributed by atoms with Crippen molar-refractivity contribution in [2.24, 2.45) is 17.8 Å². The molecule has 152 valence electrons. The molecule has 1 aliphatic heterocycles. The molecular formula is C23H27ClF2O2. The summed E-state index contributed by atoms with van der Waals surface area (Å²) in [7, 11) is 0. The molecule has 0 unspecified atom stereocenters. The Hall–Kier alpha value is -1.41. The van der Waals surface area contributed by atoms with Crippen LogP contribution in [0.4, 0.5) is 8.78 Å². The summed E-state index contributed by atoms with van der Waals surface area (Å²) < 4.78 is 40.3. The van der Waals surface area contributed by atoms with Crippen LogP contribution < -0.4 is 0 Å². The van der Waals surface area contributed by atoms with Gasteiger partial charge in [-0.1, -0.05) is 42.9 Å². The van der Waals surface area contributed by atoms with Crippen molar-refractivity contribution in [1.29, 1.82) is 0 Å². The van der Waals surface area contributed by atoms with Crippen LogP contribution in [0.25, 0.3) is 0 Å². The topological polar surface area (TPSA) is 18.5 Å². The first-order chi connectivity index (χ1) is 13.6. The molecule has 1 saturated carbocycles. The van der Waals surface area contributed by atoms with Gasteiger partial charge in [-0.15, -0.1) is 0 Å². The molecule has 2 aliphatic rings. The van der Waals surface area contributed by atoms with Crippen molar-refractivity contribution in [3.05, 3.63) is 46.5 Å². The van der Waals surface area contributed by atoms with Gasteiger partial charge in [0.25, 0.3) is 0 Å². The number of benzene rings is 1. The average molecular weight is 409 g/mol. The highest BCUT2D eigenvalue weighted by molar-refractivity contribution is 6.25. The molecule has 1 saturated heterocycles. The van der Waals surface area contributed by atoms with E-state index in [1.54, 1.807) is 5.54 Å². The number of allylic oxidation sites excluding steroid dienone is 1. The van der Waals surface area contributed by atoms with Crippen LogP contribution in [0.3, 0.4) is 0 Å². The van der Waals surface area contributed by atoms with Crippen LogP contribution in [0.2, 0.25) is 0 Å². The molecule has 1 aromatic rings. The molecule has 1 aliphatic carbocycles. The summed E-state index contributed by atoms with van der Waals surface area (Å²) in [5.74, 6) is 5.44. The van der Waals surface area contributed by atoms with E-state index in [4.69, 9.17) is 21.1 Å². The Kier molecular flexibility index (Phi) is 7.91. The van der Waals surface area contributed by atoms with E-state index in [1.807, 2.05) is 6.08 Å². The van der Waals surface area contributed by atoms with Gasteiger partial charge in [0.05, 0.1) is 18.8 Å². The Morgan fingerprint density at radius 2 is 1.75 bits per heavy atom. The molecule has 0 spiro atoms. The molecule has 0 N–H and O–H groups in total. The van der Waals surface area contributed by atoms with Crippen LogP contribution in [0.5, 0.6) is 0 Å². The van der Waals surface area contributed by atoms with E-state index >= 15 is 0 Å². The first-order valence-corrected chi connectivity index (χ1v) is 10.5. The minimum Gasteiger partial charge on any atom is -0.348 e. The monoisotopic (exact) mass is 408 g/mol. The second-order valence-electron chi connectivity index (χ2n) is 7.71. The highest BCUT2D eigenvalue weighted by Gasteiger charge is 2.25. The van der Waals surface area contributed by atoms with Crippen molar-refractivity contribution in [2.75, 3.05) is 13.2 Å². The molecule has 0 radical (unpaired) electrons. The largest absolute Gasteiger partial charge is 0.348 e. The summed E-state index contributed by atoms with van der Waals surface area (Å²) in [4.78, 5) is 0. The number of hydrogen-bond donors (Lipinski definition) is 0. The van der Waals surface area contributed by atoms with Gasteiger partial charge in [-0.25, -0.2) is 8.78 Å². The van der Waals surface area contributed by atoms with Gasteiger partial charge in [0.1, 0.15) is 11.6 Å². The number of hydrogen-bond acceptors (Lipinski definition) is 2. The Morgan fingerprint density at radius 3 is 2.32 bits per heavy atom. The summed E-state index contributed by atoms with van der Waals surface area (Å²) in [5.41, 5.74) is 1.75. The highest BCUT2D eigenvalue weighted by Crippen LogP contribution is 2.31. The molecule has 0 bridgehead atoms. The maximum atomic E-state index is 14.5. The molecule has 3 rings (SSSR count). The Balaban J connectivity index is 1.64. The van der Waals surface area contributed by atoms with Crippen molar-refractivity contribution in [3.8, 4) is 11.8 Å². The van der Waals surface area contributed by atoms with Crippen LogP contribution in [-0.2, 0) is 9.47 Å². The van der Waals surface area contributed by atoms with E-state index in [9.17, 15) is 8.78 Å². The number of halogens is 3. The van der Waals surface area contributed by atoms with E-state index in [0.29, 0.717) is 30.6 Å². The van der Waals surface area contributed by atoms with Crippen LogP contribution in [0.1, 0.15) is 62.9 Å². The lowest BCUT2D eigenvalue weighted by atomic mass is 9.82. The molecule has 0 amide bonds. The predicted octanol–water partition coefficient (Wildman–Crippen LogP) is 6.34. The SMILES string of the molecule is CCCC1COC(c2cc(F)c(C#CC3CCC(/C=C/Cl)CC3)c(F)c2)OC1. The van der Waals surface area contributed by atoms with Gasteiger partial charge in [0.15, 0.2) is 6.29 Å². The molecular weight excluding hydrogens is 382 g/mol. The van der Waals surface area contributed by atoms with E-state index in [1.165, 1.54) is 12.1 Å². The zero-order valence-corrected chi connectivity index (χ0v) is 17.0. The van der Waals surface area contributed by atoms with Crippen molar-refractivity contribution < 1.29 is 18.3 Å². The zero-order chi connectivity index (χ0) is 19.9. The van der Waals surface area contributed by atoms with Gasteiger partial charge in [0, 0.05) is 22.9 Å². The van der Waals surface area contributed by atoms with Gasteiger partial charge in [0.2, 0.25) is 0 Å². The normalized spacial score (nSPS) is 28.1. The van der Waals surface area contributed by atoms with Gasteiger partial charge >= 0.3 is 0 Å². The molecule has 0 aromatic heterocycles. The maximum absolute atomic E-state index is 14.5. The van der Waals surface area contributed by atoms with Crippen molar-refractivity contribution >= 4 is 11.6 Å². The molecule has 28 heavy (non-hydrogen) atoms. The molecule has 1 heterocycles. The van der Waals surface area contributed by atoms with Gasteiger partial charge in [-0.3, -0.25) is 0 Å². The Bertz CT molecular complexity index is 714. The molecule has 2 fully saturated rings. The second-order valence-corrected chi connectivity index (χ2v) is 7.96. The molecule has 2 nitrogen and oxygen atoms in total. The molecule has 0 atom stereocenters. The zero-order valence-electron chi connectivity index (χ0n) is 16.2. The van der Waals surface area contributed by atoms with Crippen LogP contribution in [0, 0.1) is 41.2 Å². The summed E-state index contributed by atoms with van der Waals surface area (Å²) in [6, 6.07) is 2.56. The van der Waals surface area contributed by atoms with Crippen molar-refractivity contribution in [1.82, 2.24) is 0 Å². The lowest BCUT2D eigenvalue weighted by Crippen LogP contribution is -2.27. The maximum Gasteiger partial charge on any atom is 0.184 e. The third kappa shape index (κ3) is 5.56. The van der Waals surface area contributed by atoms with E-state index in [0.717, 1.165) is 38.5 Å². The second kappa shape index (κ2) is 10.4. The fourth-order valence-electron chi connectivity index (χ4n) is 3.89. The highest BCUT2D eigenvalue weighted by atomic mass is 35.5. The Morgan fingerprint density at radius 1 is 1.11 bits per heavy atom. The Labute approximate surface area is 171 Å². The van der Waals surface area contributed by atoms with E-state index < -0.39 is 17.9 Å². The van der Waals surface area contributed by atoms with Gasteiger partial charge in [-0.2, -0.15) is 0 Å². The third-order valence-electron chi connectivity index (χ3n) is 5.52. The summed E-state index contributed by atoms with van der Waals surface area (Å²) in [6.07, 6.45) is 7.21. The summed E-state index contributed by atoms with van der Waals surface area (Å²) in [5, 5.41) is 0. The fourth-order valence-corrected chi connectivity index (χ4v) is 4.10. The first kappa shape index (κ1) is 21.3. The van der Waals surface area contributed by atoms with Crippen LogP contribution >= 0.6 is 11.6 Å². The van der Waals surface area contributed by atoms with Gasteiger partial charge in [-0.05, 0) is 50.2 Å². The van der Waals surface area contributed by atoms with E-state index in [-0.39, 0.29) is 11.5 Å². The first-order valence-electron chi connectivity index (χ1n) is 10.1. The quantitative estimate of drug-likeness (QED) is 0.541. The number of rotatable bonds is 4. The minimum atomic E-state index is -0.718. The summed E-state index contributed by atoms with van der Waals surface area (Å²) >= 11 is 5.63. The summed E-state index contributed by atoms with van der Waals surface area (Å²) in [6.45, 7) is 3.20. The minimum absolute atomic E-state index is 0.166.